The molecule has 0 fully saturated rings. The van der Waals surface area contributed by atoms with Gasteiger partial charge in [-0.05, 0) is 78.7 Å². The predicted molar refractivity (Wildman–Crippen MR) is 107 cm³/mol. The Bertz CT molecular complexity index is 790. The summed E-state index contributed by atoms with van der Waals surface area (Å²) in [6.45, 7) is 5.33. The fourth-order valence-corrected chi connectivity index (χ4v) is 3.10. The SMILES string of the molecule is COc1ccc([C@H](C)N[C@H](C)C(=O)Nc2ccc(C(C)=O)cc2)cc1Br. The third-order valence-corrected chi connectivity index (χ3v) is 4.75. The van der Waals surface area contributed by atoms with Gasteiger partial charge in [0.2, 0.25) is 5.91 Å². The molecule has 0 radical (unpaired) electrons. The van der Waals surface area contributed by atoms with Crippen LogP contribution in [-0.2, 0) is 4.79 Å². The maximum absolute atomic E-state index is 12.4. The highest BCUT2D eigenvalue weighted by Gasteiger charge is 2.17. The standard InChI is InChI=1S/C20H23BrN2O3/c1-12(16-7-10-19(26-4)18(21)11-16)22-13(2)20(25)23-17-8-5-15(6-9-17)14(3)24/h5-13,22H,1-4H3,(H,23,25)/t12-,13+/m0/s1. The fraction of sp³-hybridized carbons (Fsp3) is 0.300. The van der Waals surface area contributed by atoms with E-state index in [0.29, 0.717) is 11.3 Å². The number of amides is 1. The summed E-state index contributed by atoms with van der Waals surface area (Å²) < 4.78 is 6.11. The number of hydrogen-bond acceptors (Lipinski definition) is 4. The second-order valence-corrected chi connectivity index (χ2v) is 6.98. The molecule has 0 bridgehead atoms. The third kappa shape index (κ3) is 5.16. The lowest BCUT2D eigenvalue weighted by Gasteiger charge is -2.20. The smallest absolute Gasteiger partial charge is 0.241 e. The molecule has 0 aliphatic carbocycles. The van der Waals surface area contributed by atoms with Crippen molar-refractivity contribution in [1.82, 2.24) is 5.32 Å². The van der Waals surface area contributed by atoms with Crippen molar-refractivity contribution in [1.29, 1.82) is 0 Å². The van der Waals surface area contributed by atoms with Gasteiger partial charge in [0.05, 0.1) is 17.6 Å². The van der Waals surface area contributed by atoms with E-state index in [9.17, 15) is 9.59 Å². The zero-order valence-electron chi connectivity index (χ0n) is 15.3. The molecule has 6 heteroatoms. The van der Waals surface area contributed by atoms with E-state index in [0.717, 1.165) is 15.8 Å². The van der Waals surface area contributed by atoms with Crippen molar-refractivity contribution in [3.05, 3.63) is 58.1 Å². The van der Waals surface area contributed by atoms with Crippen LogP contribution in [0.4, 0.5) is 5.69 Å². The highest BCUT2D eigenvalue weighted by Crippen LogP contribution is 2.28. The minimum atomic E-state index is -0.390. The van der Waals surface area contributed by atoms with Crippen molar-refractivity contribution in [2.75, 3.05) is 12.4 Å². The number of Topliss-reactive ketones (excluding diaryl/α,β-unsaturated/α-hetero) is 1. The molecule has 138 valence electrons. The topological polar surface area (TPSA) is 67.4 Å². The monoisotopic (exact) mass is 418 g/mol. The number of rotatable bonds is 7. The van der Waals surface area contributed by atoms with E-state index < -0.39 is 6.04 Å². The number of benzene rings is 2. The van der Waals surface area contributed by atoms with E-state index in [1.54, 1.807) is 31.4 Å². The van der Waals surface area contributed by atoms with Gasteiger partial charge in [-0.3, -0.25) is 14.9 Å². The first-order valence-electron chi connectivity index (χ1n) is 8.33. The summed E-state index contributed by atoms with van der Waals surface area (Å²) in [7, 11) is 1.62. The van der Waals surface area contributed by atoms with Gasteiger partial charge in [0, 0.05) is 17.3 Å². The number of ether oxygens (including phenoxy) is 1. The summed E-state index contributed by atoms with van der Waals surface area (Å²) in [5, 5.41) is 6.13. The average Bonchev–Trinajstić information content (AvgIpc) is 2.61. The number of methoxy groups -OCH3 is 1. The maximum atomic E-state index is 12.4. The van der Waals surface area contributed by atoms with Gasteiger partial charge in [0.1, 0.15) is 5.75 Å². The van der Waals surface area contributed by atoms with Gasteiger partial charge in [-0.1, -0.05) is 6.07 Å². The van der Waals surface area contributed by atoms with E-state index in [2.05, 4.69) is 26.6 Å². The summed E-state index contributed by atoms with van der Waals surface area (Å²) >= 11 is 3.47. The lowest BCUT2D eigenvalue weighted by molar-refractivity contribution is -0.117. The minimum Gasteiger partial charge on any atom is -0.496 e. The first kappa shape index (κ1) is 20.1. The quantitative estimate of drug-likeness (QED) is 0.656. The minimum absolute atomic E-state index is 0.00242. The highest BCUT2D eigenvalue weighted by atomic mass is 79.9. The summed E-state index contributed by atoms with van der Waals surface area (Å²) in [6.07, 6.45) is 0. The van der Waals surface area contributed by atoms with Gasteiger partial charge in [-0.15, -0.1) is 0 Å². The summed E-state index contributed by atoms with van der Waals surface area (Å²) in [5.74, 6) is 0.623. The highest BCUT2D eigenvalue weighted by molar-refractivity contribution is 9.10. The molecule has 0 spiro atoms. The Morgan fingerprint density at radius 2 is 1.73 bits per heavy atom. The van der Waals surface area contributed by atoms with E-state index in [4.69, 9.17) is 4.74 Å². The summed E-state index contributed by atoms with van der Waals surface area (Å²) in [5.41, 5.74) is 2.32. The molecular weight excluding hydrogens is 396 g/mol. The van der Waals surface area contributed by atoms with Crippen LogP contribution < -0.4 is 15.4 Å². The van der Waals surface area contributed by atoms with Crippen LogP contribution >= 0.6 is 15.9 Å². The molecule has 2 rings (SSSR count). The predicted octanol–water partition coefficient (Wildman–Crippen LogP) is 4.34. The molecule has 2 N–H and O–H groups in total. The van der Waals surface area contributed by atoms with Crippen LogP contribution in [0.25, 0.3) is 0 Å². The number of ketones is 1. The Labute approximate surface area is 162 Å². The molecule has 5 nitrogen and oxygen atoms in total. The molecule has 26 heavy (non-hydrogen) atoms. The van der Waals surface area contributed by atoms with Gasteiger partial charge in [-0.25, -0.2) is 0 Å². The molecule has 0 heterocycles. The lowest BCUT2D eigenvalue weighted by atomic mass is 10.1. The molecule has 2 aromatic carbocycles. The molecule has 0 aliphatic heterocycles. The van der Waals surface area contributed by atoms with Gasteiger partial charge in [0.15, 0.2) is 5.78 Å². The Hall–Kier alpha value is -2.18. The number of carbonyl (C=O) groups is 2. The molecule has 0 aromatic heterocycles. The Kier molecular flexibility index (Phi) is 6.94. The van der Waals surface area contributed by atoms with Crippen molar-refractivity contribution in [3.8, 4) is 5.75 Å². The Morgan fingerprint density at radius 1 is 1.08 bits per heavy atom. The van der Waals surface area contributed by atoms with Crippen LogP contribution in [0, 0.1) is 0 Å². The molecule has 0 saturated heterocycles. The van der Waals surface area contributed by atoms with Gasteiger partial charge < -0.3 is 10.1 Å². The van der Waals surface area contributed by atoms with Crippen molar-refractivity contribution in [2.45, 2.75) is 32.9 Å². The molecule has 2 atom stereocenters. The zero-order chi connectivity index (χ0) is 19.3. The van der Waals surface area contributed by atoms with Crippen LogP contribution in [0.5, 0.6) is 5.75 Å². The lowest BCUT2D eigenvalue weighted by Crippen LogP contribution is -2.39. The van der Waals surface area contributed by atoms with E-state index in [1.165, 1.54) is 6.92 Å². The first-order valence-corrected chi connectivity index (χ1v) is 9.12. The van der Waals surface area contributed by atoms with E-state index >= 15 is 0 Å². The number of halogens is 1. The second kappa shape index (κ2) is 8.96. The average molecular weight is 419 g/mol. The van der Waals surface area contributed by atoms with Crippen molar-refractivity contribution in [3.63, 3.8) is 0 Å². The van der Waals surface area contributed by atoms with Crippen molar-refractivity contribution in [2.24, 2.45) is 0 Å². The van der Waals surface area contributed by atoms with E-state index in [1.807, 2.05) is 32.0 Å². The fourth-order valence-electron chi connectivity index (χ4n) is 2.54. The van der Waals surface area contributed by atoms with Crippen LogP contribution in [0.3, 0.4) is 0 Å². The molecule has 0 aliphatic rings. The molecule has 1 amide bonds. The summed E-state index contributed by atoms with van der Waals surface area (Å²) in [4.78, 5) is 23.7. The van der Waals surface area contributed by atoms with Gasteiger partial charge in [0.25, 0.3) is 0 Å². The van der Waals surface area contributed by atoms with Gasteiger partial charge >= 0.3 is 0 Å². The third-order valence-electron chi connectivity index (χ3n) is 4.13. The number of carbonyl (C=O) groups excluding carboxylic acids is 2. The molecular formula is C20H23BrN2O3. The first-order chi connectivity index (χ1) is 12.3. The molecule has 2 aromatic rings. The number of hydrogen-bond donors (Lipinski definition) is 2. The second-order valence-electron chi connectivity index (χ2n) is 6.13. The number of anilines is 1. The normalized spacial score (nSPS) is 13.0. The Morgan fingerprint density at radius 3 is 2.27 bits per heavy atom. The van der Waals surface area contributed by atoms with Crippen LogP contribution in [0.1, 0.15) is 42.7 Å². The van der Waals surface area contributed by atoms with Crippen LogP contribution in [0.2, 0.25) is 0 Å². The molecule has 0 saturated carbocycles. The molecule has 0 unspecified atom stereocenters. The van der Waals surface area contributed by atoms with Crippen LogP contribution in [-0.4, -0.2) is 24.8 Å². The van der Waals surface area contributed by atoms with Crippen molar-refractivity contribution < 1.29 is 14.3 Å². The van der Waals surface area contributed by atoms with Gasteiger partial charge in [-0.2, -0.15) is 0 Å². The van der Waals surface area contributed by atoms with E-state index in [-0.39, 0.29) is 17.7 Å². The number of nitrogens with one attached hydrogen (secondary N) is 2. The Balaban J connectivity index is 1.97. The van der Waals surface area contributed by atoms with Crippen LogP contribution in [0.15, 0.2) is 46.9 Å². The summed E-state index contributed by atoms with van der Waals surface area (Å²) in [6, 6.07) is 12.3. The maximum Gasteiger partial charge on any atom is 0.241 e. The van der Waals surface area contributed by atoms with Crippen molar-refractivity contribution >= 4 is 33.3 Å². The zero-order valence-corrected chi connectivity index (χ0v) is 16.9. The largest absolute Gasteiger partial charge is 0.496 e.